The Bertz CT molecular complexity index is 1300. The summed E-state index contributed by atoms with van der Waals surface area (Å²) in [7, 11) is 7.24. The Balaban J connectivity index is 1.87. The number of aromatic amines is 1. The minimum absolute atomic E-state index is 0.275. The molecular formula is C25H30N8O2. The summed E-state index contributed by atoms with van der Waals surface area (Å²) >= 11 is 0. The highest BCUT2D eigenvalue weighted by Crippen LogP contribution is 2.24. The third-order valence-corrected chi connectivity index (χ3v) is 5.04. The van der Waals surface area contributed by atoms with Crippen LogP contribution in [0.25, 0.3) is 16.5 Å². The van der Waals surface area contributed by atoms with Gasteiger partial charge in [-0.15, -0.1) is 0 Å². The fourth-order valence-corrected chi connectivity index (χ4v) is 3.39. The van der Waals surface area contributed by atoms with Gasteiger partial charge in [-0.3, -0.25) is 19.9 Å². The van der Waals surface area contributed by atoms with E-state index in [1.54, 1.807) is 32.6 Å². The van der Waals surface area contributed by atoms with E-state index in [0.717, 1.165) is 22.2 Å². The van der Waals surface area contributed by atoms with Gasteiger partial charge in [-0.2, -0.15) is 5.10 Å². The number of carbonyl (C=O) groups excluding carboxylic acids is 2. The van der Waals surface area contributed by atoms with E-state index < -0.39 is 0 Å². The number of fused-ring (bicyclic) bond motifs is 1. The average Bonchev–Trinajstić information content (AvgIpc) is 3.22. The molecule has 0 fully saturated rings. The molecule has 1 aromatic carbocycles. The fraction of sp³-hybridized carbons (Fsp3) is 0.240. The molecule has 3 N–H and O–H groups in total. The van der Waals surface area contributed by atoms with Crippen LogP contribution >= 0.6 is 0 Å². The summed E-state index contributed by atoms with van der Waals surface area (Å²) in [5, 5.41) is 13.5. The minimum Gasteiger partial charge on any atom is -0.331 e. The first-order valence-electron chi connectivity index (χ1n) is 10.9. The number of H-pyrrole nitrogens is 1. The molecule has 0 aliphatic rings. The van der Waals surface area contributed by atoms with E-state index in [0.29, 0.717) is 23.3 Å². The van der Waals surface area contributed by atoms with Gasteiger partial charge in [0, 0.05) is 38.4 Å². The Morgan fingerprint density at radius 1 is 1.17 bits per heavy atom. The molecule has 3 amide bonds. The number of urea groups is 1. The molecule has 0 saturated carbocycles. The Morgan fingerprint density at radius 3 is 2.63 bits per heavy atom. The van der Waals surface area contributed by atoms with Gasteiger partial charge in [0.15, 0.2) is 5.69 Å². The number of anilines is 1. The van der Waals surface area contributed by atoms with Crippen molar-refractivity contribution in [2.24, 2.45) is 4.99 Å². The number of carbonyl (C=O) groups is 2. The van der Waals surface area contributed by atoms with Crippen molar-refractivity contribution in [1.82, 2.24) is 30.3 Å². The van der Waals surface area contributed by atoms with Gasteiger partial charge < -0.3 is 20.4 Å². The summed E-state index contributed by atoms with van der Waals surface area (Å²) in [6.07, 6.45) is 6.64. The van der Waals surface area contributed by atoms with Gasteiger partial charge in [-0.25, -0.2) is 4.79 Å². The van der Waals surface area contributed by atoms with Crippen molar-refractivity contribution >= 4 is 40.8 Å². The van der Waals surface area contributed by atoms with Gasteiger partial charge in [0.2, 0.25) is 0 Å². The van der Waals surface area contributed by atoms with Crippen LogP contribution in [0.5, 0.6) is 0 Å². The fourth-order valence-electron chi connectivity index (χ4n) is 3.39. The topological polar surface area (TPSA) is 119 Å². The van der Waals surface area contributed by atoms with Crippen LogP contribution in [0.15, 0.2) is 59.6 Å². The van der Waals surface area contributed by atoms with Crippen molar-refractivity contribution in [3.8, 4) is 0 Å². The quantitative estimate of drug-likeness (QED) is 0.341. The predicted octanol–water partition coefficient (Wildman–Crippen LogP) is 3.49. The van der Waals surface area contributed by atoms with Gasteiger partial charge in [0.1, 0.15) is 0 Å². The molecule has 3 aromatic rings. The summed E-state index contributed by atoms with van der Waals surface area (Å²) in [6, 6.07) is 7.26. The number of nitrogens with one attached hydrogen (secondary N) is 3. The molecular weight excluding hydrogens is 444 g/mol. The highest BCUT2D eigenvalue weighted by molar-refractivity contribution is 6.11. The van der Waals surface area contributed by atoms with Gasteiger partial charge in [0.05, 0.1) is 23.1 Å². The van der Waals surface area contributed by atoms with E-state index in [1.165, 1.54) is 11.1 Å². The van der Waals surface area contributed by atoms with E-state index in [-0.39, 0.29) is 17.6 Å². The Morgan fingerprint density at radius 2 is 1.94 bits per heavy atom. The lowest BCUT2D eigenvalue weighted by atomic mass is 10.0. The van der Waals surface area contributed by atoms with Crippen LogP contribution in [0.2, 0.25) is 0 Å². The molecule has 35 heavy (non-hydrogen) atoms. The second kappa shape index (κ2) is 11.2. The maximum atomic E-state index is 13.0. The number of hydrogen-bond acceptors (Lipinski definition) is 6. The van der Waals surface area contributed by atoms with Crippen LogP contribution in [0.4, 0.5) is 10.5 Å². The number of hydrogen-bond donors (Lipinski definition) is 3. The van der Waals surface area contributed by atoms with E-state index in [2.05, 4.69) is 37.5 Å². The predicted molar refractivity (Wildman–Crippen MR) is 139 cm³/mol. The van der Waals surface area contributed by atoms with Crippen LogP contribution in [-0.4, -0.2) is 71.8 Å². The summed E-state index contributed by atoms with van der Waals surface area (Å²) in [4.78, 5) is 36.5. The lowest BCUT2D eigenvalue weighted by Crippen LogP contribution is -2.33. The van der Waals surface area contributed by atoms with Crippen molar-refractivity contribution in [3.63, 3.8) is 0 Å². The molecule has 10 nitrogen and oxygen atoms in total. The summed E-state index contributed by atoms with van der Waals surface area (Å²) in [5.41, 5.74) is 4.80. The molecule has 0 spiro atoms. The second-order valence-corrected chi connectivity index (χ2v) is 8.53. The van der Waals surface area contributed by atoms with Crippen LogP contribution in [0.1, 0.15) is 28.5 Å². The third kappa shape index (κ3) is 6.61. The summed E-state index contributed by atoms with van der Waals surface area (Å²) in [5.74, 6) is -0.339. The SMILES string of the molecule is C=N/C=C(\C=C(/C)c1ccc2[nH]nc(C(=O)Nc3cncc(CN(C)C)c3)c2c1)NC(=O)N(C)C. The van der Waals surface area contributed by atoms with Crippen LogP contribution in [-0.2, 0) is 6.54 Å². The van der Waals surface area contributed by atoms with E-state index in [4.69, 9.17) is 0 Å². The molecule has 0 unspecified atom stereocenters. The minimum atomic E-state index is -0.339. The number of pyridine rings is 1. The van der Waals surface area contributed by atoms with Gasteiger partial charge in [0.25, 0.3) is 5.91 Å². The molecule has 0 aliphatic heterocycles. The zero-order valence-corrected chi connectivity index (χ0v) is 20.6. The zero-order valence-electron chi connectivity index (χ0n) is 20.6. The van der Waals surface area contributed by atoms with Crippen LogP contribution in [0.3, 0.4) is 0 Å². The molecule has 0 aliphatic carbocycles. The number of aliphatic imine (C=N–C) groups is 1. The Hall–Kier alpha value is -4.31. The van der Waals surface area contributed by atoms with E-state index in [9.17, 15) is 9.59 Å². The highest BCUT2D eigenvalue weighted by atomic mass is 16.2. The molecule has 0 atom stereocenters. The monoisotopic (exact) mass is 474 g/mol. The summed E-state index contributed by atoms with van der Waals surface area (Å²) in [6.45, 7) is 6.08. The number of allylic oxidation sites excluding steroid dienone is 2. The zero-order chi connectivity index (χ0) is 25.5. The maximum Gasteiger partial charge on any atom is 0.321 e. The lowest BCUT2D eigenvalue weighted by molar-refractivity contribution is 0.102. The van der Waals surface area contributed by atoms with Crippen LogP contribution in [0, 0.1) is 0 Å². The number of nitrogens with zero attached hydrogens (tertiary/aromatic N) is 5. The largest absolute Gasteiger partial charge is 0.331 e. The third-order valence-electron chi connectivity index (χ3n) is 5.04. The van der Waals surface area contributed by atoms with Gasteiger partial charge >= 0.3 is 6.03 Å². The molecule has 3 rings (SSSR count). The molecule has 0 radical (unpaired) electrons. The normalized spacial score (nSPS) is 12.1. The summed E-state index contributed by atoms with van der Waals surface area (Å²) < 4.78 is 0. The van der Waals surface area contributed by atoms with Crippen molar-refractivity contribution in [3.05, 3.63) is 71.5 Å². The van der Waals surface area contributed by atoms with Gasteiger partial charge in [-0.1, -0.05) is 6.07 Å². The van der Waals surface area contributed by atoms with Crippen LogP contribution < -0.4 is 10.6 Å². The first-order valence-corrected chi connectivity index (χ1v) is 10.9. The first-order chi connectivity index (χ1) is 16.7. The van der Waals surface area contributed by atoms with Crippen molar-refractivity contribution in [2.45, 2.75) is 13.5 Å². The molecule has 10 heteroatoms. The Labute approximate surface area is 204 Å². The molecule has 0 bridgehead atoms. The highest BCUT2D eigenvalue weighted by Gasteiger charge is 2.16. The van der Waals surface area contributed by atoms with Gasteiger partial charge in [-0.05, 0) is 68.7 Å². The maximum absolute atomic E-state index is 13.0. The molecule has 2 heterocycles. The number of rotatable bonds is 8. The molecule has 182 valence electrons. The molecule has 2 aromatic heterocycles. The van der Waals surface area contributed by atoms with Crippen molar-refractivity contribution in [2.75, 3.05) is 33.5 Å². The smallest absolute Gasteiger partial charge is 0.321 e. The second-order valence-electron chi connectivity index (χ2n) is 8.53. The van der Waals surface area contributed by atoms with Crippen molar-refractivity contribution < 1.29 is 9.59 Å². The lowest BCUT2D eigenvalue weighted by Gasteiger charge is -2.13. The first kappa shape index (κ1) is 25.3. The number of aromatic nitrogens is 3. The standard InChI is InChI=1S/C25H30N8O2/c1-16(9-19(13-26-2)29-25(35)33(5)6)18-7-8-22-21(11-18)23(31-30-22)24(34)28-20-10-17(12-27-14-20)15-32(3)4/h7-14H,2,15H2,1,3-6H3,(H,28,34)(H,29,35)(H,30,31)/b16-9+,19-13+. The number of benzene rings is 1. The molecule has 0 saturated heterocycles. The van der Waals surface area contributed by atoms with E-state index in [1.807, 2.05) is 50.2 Å². The Kier molecular flexibility index (Phi) is 8.11. The number of amides is 3. The average molecular weight is 475 g/mol. The van der Waals surface area contributed by atoms with Crippen molar-refractivity contribution in [1.29, 1.82) is 0 Å². The van der Waals surface area contributed by atoms with E-state index >= 15 is 0 Å².